The number of pyridine rings is 1. The number of hydrogen-bond acceptors (Lipinski definition) is 5. The predicted molar refractivity (Wildman–Crippen MR) is 252 cm³/mol. The van der Waals surface area contributed by atoms with Crippen LogP contribution in [0.2, 0.25) is 0 Å². The van der Waals surface area contributed by atoms with Crippen molar-refractivity contribution in [2.24, 2.45) is 0 Å². The van der Waals surface area contributed by atoms with Crippen LogP contribution in [0, 0.1) is 0 Å². The fraction of sp³-hybridized carbons (Fsp3) is 0. The summed E-state index contributed by atoms with van der Waals surface area (Å²) in [4.78, 5) is 15.1. The van der Waals surface area contributed by atoms with E-state index in [1.165, 1.54) is 0 Å². The number of nitrogens with zero attached hydrogens (tertiary/aromatic N) is 3. The molecule has 12 aromatic rings. The molecule has 0 aliphatic heterocycles. The van der Waals surface area contributed by atoms with Crippen LogP contribution in [-0.4, -0.2) is 15.0 Å². The van der Waals surface area contributed by atoms with E-state index in [1.807, 2.05) is 42.6 Å². The smallest absolute Gasteiger partial charge is 0.160 e. The quantitative estimate of drug-likeness (QED) is 0.161. The maximum atomic E-state index is 6.25. The minimum absolute atomic E-state index is 0.637. The van der Waals surface area contributed by atoms with Crippen LogP contribution in [0.25, 0.3) is 122 Å². The molecule has 12 rings (SSSR count). The molecule has 0 fully saturated rings. The highest BCUT2D eigenvalue weighted by molar-refractivity contribution is 6.07. The average molecular weight is 794 g/mol. The zero-order valence-corrected chi connectivity index (χ0v) is 33.4. The monoisotopic (exact) mass is 793 g/mol. The first-order valence-corrected chi connectivity index (χ1v) is 20.7. The summed E-state index contributed by atoms with van der Waals surface area (Å²) in [6, 6.07) is 69.8. The van der Waals surface area contributed by atoms with E-state index in [1.54, 1.807) is 6.20 Å². The molecular formula is C57H35N3O2. The molecule has 0 unspecified atom stereocenters. The van der Waals surface area contributed by atoms with Crippen molar-refractivity contribution >= 4 is 43.9 Å². The Balaban J connectivity index is 1.08. The highest BCUT2D eigenvalue weighted by atomic mass is 16.3. The molecule has 0 aliphatic carbocycles. The van der Waals surface area contributed by atoms with Crippen molar-refractivity contribution in [3.8, 4) is 78.4 Å². The Kier molecular flexibility index (Phi) is 8.42. The summed E-state index contributed by atoms with van der Waals surface area (Å²) in [6.07, 6.45) is 3.68. The van der Waals surface area contributed by atoms with Crippen LogP contribution in [0.15, 0.2) is 221 Å². The van der Waals surface area contributed by atoms with Gasteiger partial charge in [0, 0.05) is 56.2 Å². The highest BCUT2D eigenvalue weighted by Gasteiger charge is 2.17. The molecule has 0 amide bonds. The molecule has 0 spiro atoms. The highest BCUT2D eigenvalue weighted by Crippen LogP contribution is 2.40. The van der Waals surface area contributed by atoms with Gasteiger partial charge in [-0.05, 0) is 118 Å². The van der Waals surface area contributed by atoms with E-state index in [0.717, 1.165) is 116 Å². The number of para-hydroxylation sites is 2. The van der Waals surface area contributed by atoms with E-state index < -0.39 is 0 Å². The van der Waals surface area contributed by atoms with Gasteiger partial charge in [0.05, 0.1) is 11.4 Å². The summed E-state index contributed by atoms with van der Waals surface area (Å²) in [5.74, 6) is 0.637. The van der Waals surface area contributed by atoms with Gasteiger partial charge in [-0.1, -0.05) is 121 Å². The van der Waals surface area contributed by atoms with Gasteiger partial charge in [0.1, 0.15) is 22.3 Å². The Bertz CT molecular complexity index is 3410. The van der Waals surface area contributed by atoms with Gasteiger partial charge in [-0.15, -0.1) is 0 Å². The Hall–Kier alpha value is -8.41. The number of fused-ring (bicyclic) bond motifs is 6. The number of aromatic nitrogens is 3. The van der Waals surface area contributed by atoms with Gasteiger partial charge in [0.25, 0.3) is 0 Å². The summed E-state index contributed by atoms with van der Waals surface area (Å²) >= 11 is 0. The molecule has 0 radical (unpaired) electrons. The van der Waals surface area contributed by atoms with E-state index in [2.05, 4.69) is 169 Å². The van der Waals surface area contributed by atoms with E-state index in [4.69, 9.17) is 18.8 Å². The fourth-order valence-electron chi connectivity index (χ4n) is 8.65. The minimum Gasteiger partial charge on any atom is -0.456 e. The lowest BCUT2D eigenvalue weighted by molar-refractivity contribution is 0.668. The zero-order valence-electron chi connectivity index (χ0n) is 33.4. The normalized spacial score (nSPS) is 11.5. The first-order chi connectivity index (χ1) is 30.7. The maximum Gasteiger partial charge on any atom is 0.160 e. The lowest BCUT2D eigenvalue weighted by Crippen LogP contribution is -1.97. The largest absolute Gasteiger partial charge is 0.456 e. The van der Waals surface area contributed by atoms with Gasteiger partial charge >= 0.3 is 0 Å². The third-order valence-electron chi connectivity index (χ3n) is 11.8. The molecular weight excluding hydrogens is 759 g/mol. The predicted octanol–water partition coefficient (Wildman–Crippen LogP) is 15.3. The van der Waals surface area contributed by atoms with Crippen molar-refractivity contribution in [2.45, 2.75) is 0 Å². The fourth-order valence-corrected chi connectivity index (χ4v) is 8.65. The minimum atomic E-state index is 0.637. The second-order valence-electron chi connectivity index (χ2n) is 15.6. The second-order valence-corrected chi connectivity index (χ2v) is 15.6. The summed E-state index contributed by atoms with van der Waals surface area (Å²) in [7, 11) is 0. The number of rotatable bonds is 7. The Morgan fingerprint density at radius 1 is 0.274 bits per heavy atom. The van der Waals surface area contributed by atoms with E-state index >= 15 is 0 Å². The zero-order chi connectivity index (χ0) is 41.0. The summed E-state index contributed by atoms with van der Waals surface area (Å²) in [5, 5.41) is 4.34. The van der Waals surface area contributed by atoms with Crippen LogP contribution >= 0.6 is 0 Å². The summed E-state index contributed by atoms with van der Waals surface area (Å²) in [5.41, 5.74) is 16.6. The molecule has 0 atom stereocenters. The van der Waals surface area contributed by atoms with Crippen molar-refractivity contribution in [2.75, 3.05) is 0 Å². The molecule has 0 aliphatic rings. The van der Waals surface area contributed by atoms with Crippen molar-refractivity contribution < 1.29 is 8.83 Å². The molecule has 5 nitrogen and oxygen atoms in total. The third kappa shape index (κ3) is 6.40. The third-order valence-corrected chi connectivity index (χ3v) is 11.8. The SMILES string of the molecule is c1ccc(-c2cccc(-c3cc(-c4cc(-c5ccc6oc7ccccc7c6c5)cc(-c5ccc6oc7ccccc7c6c5)c4)nc(-c4cccc(-c5cccnc5)c4)n3)c2)cc1. The first kappa shape index (κ1) is 35.5. The van der Waals surface area contributed by atoms with Crippen LogP contribution in [0.3, 0.4) is 0 Å². The molecule has 4 heterocycles. The molecule has 0 saturated carbocycles. The van der Waals surface area contributed by atoms with Gasteiger partial charge in [-0.2, -0.15) is 0 Å². The van der Waals surface area contributed by atoms with Crippen LogP contribution in [0.4, 0.5) is 0 Å². The number of furan rings is 2. The first-order valence-electron chi connectivity index (χ1n) is 20.7. The topological polar surface area (TPSA) is 65.0 Å². The maximum absolute atomic E-state index is 6.25. The van der Waals surface area contributed by atoms with Crippen LogP contribution < -0.4 is 0 Å². The van der Waals surface area contributed by atoms with Gasteiger partial charge in [-0.3, -0.25) is 4.98 Å². The molecule has 62 heavy (non-hydrogen) atoms. The lowest BCUT2D eigenvalue weighted by atomic mass is 9.93. The van der Waals surface area contributed by atoms with Crippen LogP contribution in [0.1, 0.15) is 0 Å². The molecule has 5 heteroatoms. The van der Waals surface area contributed by atoms with Gasteiger partial charge in [-0.25, -0.2) is 9.97 Å². The number of hydrogen-bond donors (Lipinski definition) is 0. The van der Waals surface area contributed by atoms with Gasteiger partial charge in [0.2, 0.25) is 0 Å². The molecule has 8 aromatic carbocycles. The van der Waals surface area contributed by atoms with E-state index in [9.17, 15) is 0 Å². The van der Waals surface area contributed by atoms with E-state index in [-0.39, 0.29) is 0 Å². The van der Waals surface area contributed by atoms with Crippen LogP contribution in [-0.2, 0) is 0 Å². The second kappa shape index (κ2) is 14.7. The van der Waals surface area contributed by atoms with Crippen LogP contribution in [0.5, 0.6) is 0 Å². The molecule has 0 N–H and O–H groups in total. The van der Waals surface area contributed by atoms with E-state index in [0.29, 0.717) is 5.82 Å². The lowest BCUT2D eigenvalue weighted by Gasteiger charge is -2.14. The van der Waals surface area contributed by atoms with Gasteiger partial charge in [0.15, 0.2) is 5.82 Å². The standard InChI is InChI=1S/C57H35N3O2/c1-2-11-36(12-3-1)37-13-8-15-41(27-37)51-34-52(60-57(59-51)42-16-9-14-38(28-42)43-17-10-26-58-35-43)46-30-44(39-22-24-55-49(32-39)47-18-4-6-20-53(47)61-55)29-45(31-46)40-23-25-56-50(33-40)48-19-5-7-21-54(48)62-56/h1-35H. The van der Waals surface area contributed by atoms with Crippen molar-refractivity contribution in [3.05, 3.63) is 213 Å². The average Bonchev–Trinajstić information content (AvgIpc) is 3.92. The molecule has 4 aromatic heterocycles. The molecule has 0 saturated heterocycles. The Morgan fingerprint density at radius 2 is 0.742 bits per heavy atom. The molecule has 290 valence electrons. The van der Waals surface area contributed by atoms with Crippen molar-refractivity contribution in [1.82, 2.24) is 15.0 Å². The molecule has 0 bridgehead atoms. The summed E-state index contributed by atoms with van der Waals surface area (Å²) < 4.78 is 12.5. The summed E-state index contributed by atoms with van der Waals surface area (Å²) in [6.45, 7) is 0. The van der Waals surface area contributed by atoms with Crippen molar-refractivity contribution in [1.29, 1.82) is 0 Å². The Morgan fingerprint density at radius 3 is 1.39 bits per heavy atom. The van der Waals surface area contributed by atoms with Crippen molar-refractivity contribution in [3.63, 3.8) is 0 Å². The number of benzene rings is 8. The Labute approximate surface area is 357 Å². The van der Waals surface area contributed by atoms with Gasteiger partial charge < -0.3 is 8.83 Å².